The van der Waals surface area contributed by atoms with Gasteiger partial charge >= 0.3 is 17.9 Å². The van der Waals surface area contributed by atoms with Crippen LogP contribution in [0.1, 0.15) is 157 Å². The van der Waals surface area contributed by atoms with E-state index < -0.39 is 12.1 Å². The van der Waals surface area contributed by atoms with E-state index in [1.54, 1.807) is 6.92 Å². The molecule has 0 unspecified atom stereocenters. The predicted octanol–water partition coefficient (Wildman–Crippen LogP) is 5.50. The van der Waals surface area contributed by atoms with Crippen LogP contribution in [0, 0.1) is 19.8 Å². The van der Waals surface area contributed by atoms with Gasteiger partial charge in [0.15, 0.2) is 0 Å². The number of rotatable bonds is 22. The van der Waals surface area contributed by atoms with Gasteiger partial charge in [0.05, 0.1) is 12.2 Å². The van der Waals surface area contributed by atoms with Crippen LogP contribution in [-0.4, -0.2) is 25.2 Å². The first-order valence-electron chi connectivity index (χ1n) is 16.9. The largest absolute Gasteiger partial charge is 1.00 e. The molecule has 1 saturated carbocycles. The number of nitrogens with one attached hydrogen (secondary N) is 1. The van der Waals surface area contributed by atoms with Crippen molar-refractivity contribution >= 4 is 17.7 Å². The van der Waals surface area contributed by atoms with Crippen molar-refractivity contribution in [1.82, 2.24) is 5.32 Å². The zero-order chi connectivity index (χ0) is 29.9. The number of ether oxygens (including phenoxy) is 2. The maximum atomic E-state index is 12.9. The van der Waals surface area contributed by atoms with Crippen molar-refractivity contribution in [2.24, 2.45) is 5.92 Å². The molecule has 1 amide bonds. The number of esters is 1. The molecule has 1 aromatic heterocycles. The van der Waals surface area contributed by atoms with E-state index in [-0.39, 0.29) is 24.0 Å². The zero-order valence-electron chi connectivity index (χ0n) is 27.2. The third kappa shape index (κ3) is 13.8. The number of nitrogen functional groups attached to an aromatic ring is 1. The minimum atomic E-state index is -0.505. The molecule has 0 aromatic carbocycles. The highest BCUT2D eigenvalue weighted by atomic mass is 127. The summed E-state index contributed by atoms with van der Waals surface area (Å²) in [6.07, 6.45) is 24.0. The molecule has 0 radical (unpaired) electrons. The number of hydrogen-bond donors (Lipinski definition) is 2. The van der Waals surface area contributed by atoms with E-state index in [1.807, 2.05) is 18.4 Å². The maximum absolute atomic E-state index is 12.9. The number of aromatic nitrogens is 1. The number of carbonyl (C=O) groups is 2. The van der Waals surface area contributed by atoms with E-state index in [0.29, 0.717) is 54.0 Å². The summed E-state index contributed by atoms with van der Waals surface area (Å²) in [5, 5.41) is 2.88. The zero-order valence-corrected chi connectivity index (χ0v) is 29.3. The number of amides is 1. The molecule has 0 aliphatic heterocycles. The molecule has 1 aromatic rings. The first-order valence-corrected chi connectivity index (χ1v) is 16.9. The number of carbonyl (C=O) groups excluding carboxylic acids is 2. The molecule has 8 heteroatoms. The number of anilines is 1. The van der Waals surface area contributed by atoms with Crippen molar-refractivity contribution in [1.29, 1.82) is 0 Å². The smallest absolute Gasteiger partial charge is 0.416 e. The lowest BCUT2D eigenvalue weighted by atomic mass is 9.86. The molecule has 42 heavy (non-hydrogen) atoms. The Labute approximate surface area is 273 Å². The van der Waals surface area contributed by atoms with Crippen molar-refractivity contribution in [3.63, 3.8) is 0 Å². The van der Waals surface area contributed by atoms with Gasteiger partial charge < -0.3 is 44.5 Å². The second-order valence-corrected chi connectivity index (χ2v) is 12.1. The van der Waals surface area contributed by atoms with Gasteiger partial charge in [0.1, 0.15) is 17.8 Å². The van der Waals surface area contributed by atoms with Crippen LogP contribution in [0.25, 0.3) is 0 Å². The van der Waals surface area contributed by atoms with E-state index in [1.165, 1.54) is 96.3 Å². The van der Waals surface area contributed by atoms with Crippen molar-refractivity contribution in [3.05, 3.63) is 16.8 Å². The van der Waals surface area contributed by atoms with Gasteiger partial charge in [-0.15, -0.1) is 0 Å². The Hall–Kier alpha value is -1.58. The summed E-state index contributed by atoms with van der Waals surface area (Å²) in [5.41, 5.74) is 8.24. The van der Waals surface area contributed by atoms with Gasteiger partial charge in [0.25, 0.3) is 0 Å². The van der Waals surface area contributed by atoms with E-state index in [0.717, 1.165) is 25.7 Å². The van der Waals surface area contributed by atoms with E-state index >= 15 is 0 Å². The third-order valence-corrected chi connectivity index (χ3v) is 8.69. The van der Waals surface area contributed by atoms with Gasteiger partial charge in [-0.3, -0.25) is 0 Å². The molecule has 0 bridgehead atoms. The summed E-state index contributed by atoms with van der Waals surface area (Å²) >= 11 is 0. The van der Waals surface area contributed by atoms with Gasteiger partial charge in [-0.25, -0.2) is 9.59 Å². The summed E-state index contributed by atoms with van der Waals surface area (Å²) in [6.45, 7) is 9.39. The number of unbranched alkanes of at least 4 members (excludes halogenated alkanes) is 15. The van der Waals surface area contributed by atoms with Gasteiger partial charge in [0.2, 0.25) is 5.69 Å². The first kappa shape index (κ1) is 38.4. The number of pyridine rings is 1. The minimum Gasteiger partial charge on any atom is -1.00 e. The molecule has 1 fully saturated rings. The number of nitrogens with two attached hydrogens (primary N) is 1. The Bertz CT molecular complexity index is 921. The topological polar surface area (TPSA) is 94.5 Å². The van der Waals surface area contributed by atoms with Crippen LogP contribution in [-0.2, 0) is 11.3 Å². The van der Waals surface area contributed by atoms with Crippen LogP contribution in [0.5, 0.6) is 5.88 Å². The summed E-state index contributed by atoms with van der Waals surface area (Å²) in [4.78, 5) is 25.5. The first-order chi connectivity index (χ1) is 19.9. The Kier molecular flexibility index (Phi) is 21.0. The van der Waals surface area contributed by atoms with Crippen molar-refractivity contribution in [2.45, 2.75) is 156 Å². The van der Waals surface area contributed by atoms with Gasteiger partial charge in [-0.05, 0) is 39.0 Å². The molecule has 0 saturated heterocycles. The minimum absolute atomic E-state index is 0. The lowest BCUT2D eigenvalue weighted by Gasteiger charge is -2.24. The van der Waals surface area contributed by atoms with Crippen LogP contribution in [0.3, 0.4) is 0 Å². The quantitative estimate of drug-likeness (QED) is 0.0721. The fourth-order valence-corrected chi connectivity index (χ4v) is 5.68. The highest BCUT2D eigenvalue weighted by molar-refractivity contribution is 5.97. The van der Waals surface area contributed by atoms with Gasteiger partial charge in [-0.2, -0.15) is 4.57 Å². The number of nitrogens with zero attached hydrogens (tertiary/aromatic N) is 1. The summed E-state index contributed by atoms with van der Waals surface area (Å²) < 4.78 is 13.1. The Balaban J connectivity index is 0.00000882. The molecule has 1 aliphatic carbocycles. The fourth-order valence-electron chi connectivity index (χ4n) is 5.68. The van der Waals surface area contributed by atoms with Crippen LogP contribution >= 0.6 is 0 Å². The average molecular weight is 702 g/mol. The number of hydrogen-bond acceptors (Lipinski definition) is 5. The molecule has 242 valence electrons. The molecule has 1 heterocycles. The fraction of sp³-hybridized carbons (Fsp3) is 0.794. The molecule has 3 N–H and O–H groups in total. The lowest BCUT2D eigenvalue weighted by Crippen LogP contribution is -3.00. The van der Waals surface area contributed by atoms with Crippen LogP contribution in [0.15, 0.2) is 0 Å². The molecule has 1 aliphatic rings. The van der Waals surface area contributed by atoms with Gasteiger partial charge in [-0.1, -0.05) is 110 Å². The SMILES string of the molecule is CCCCCCCCCCCCCCCCCCNC(=O)Oc1c(C)c(C(=O)OCC2CCC2)c(N)c(C)[n+]1CC.[I-]. The van der Waals surface area contributed by atoms with Crippen molar-refractivity contribution in [2.75, 3.05) is 18.9 Å². The third-order valence-electron chi connectivity index (χ3n) is 8.69. The second-order valence-electron chi connectivity index (χ2n) is 12.1. The van der Waals surface area contributed by atoms with E-state index in [4.69, 9.17) is 15.2 Å². The molecular weight excluding hydrogens is 641 g/mol. The summed E-state index contributed by atoms with van der Waals surface area (Å²) in [5.74, 6) is 0.341. The molecular formula is C34H60IN3O4. The summed E-state index contributed by atoms with van der Waals surface area (Å²) in [6, 6.07) is 0. The maximum Gasteiger partial charge on any atom is 0.416 e. The van der Waals surface area contributed by atoms with Crippen LogP contribution in [0.4, 0.5) is 10.5 Å². The normalized spacial score (nSPS) is 12.9. The highest BCUT2D eigenvalue weighted by Crippen LogP contribution is 2.29. The van der Waals surface area contributed by atoms with Crippen LogP contribution < -0.4 is 44.3 Å². The Morgan fingerprint density at radius 3 is 1.79 bits per heavy atom. The van der Waals surface area contributed by atoms with Crippen LogP contribution in [0.2, 0.25) is 0 Å². The van der Waals surface area contributed by atoms with Crippen molar-refractivity contribution < 1.29 is 47.6 Å². The highest BCUT2D eigenvalue weighted by Gasteiger charge is 2.32. The predicted molar refractivity (Wildman–Crippen MR) is 167 cm³/mol. The molecule has 7 nitrogen and oxygen atoms in total. The van der Waals surface area contributed by atoms with E-state index in [2.05, 4.69) is 12.2 Å². The standard InChI is InChI=1S/C34H59N3O4.HI/c1-5-7-8-9-10-11-12-13-14-15-16-17-18-19-20-21-25-36-34(39)41-32-27(3)30(31(35)28(4)37(32)6-2)33(38)40-26-29-23-22-24-29;/h29H,5-26H2,1-4H3,(H2-,35,36,38,39);1H. The average Bonchev–Trinajstić information content (AvgIpc) is 2.93. The Morgan fingerprint density at radius 1 is 0.833 bits per heavy atom. The monoisotopic (exact) mass is 701 g/mol. The van der Waals surface area contributed by atoms with Gasteiger partial charge in [0, 0.05) is 13.5 Å². The molecule has 0 atom stereocenters. The van der Waals surface area contributed by atoms with Crippen molar-refractivity contribution in [3.8, 4) is 5.88 Å². The number of halogens is 1. The lowest BCUT2D eigenvalue weighted by molar-refractivity contribution is -0.702. The summed E-state index contributed by atoms with van der Waals surface area (Å²) in [7, 11) is 0. The molecule has 2 rings (SSSR count). The van der Waals surface area contributed by atoms with E-state index in [9.17, 15) is 9.59 Å². The Morgan fingerprint density at radius 2 is 1.33 bits per heavy atom. The second kappa shape index (κ2) is 22.9. The molecule has 0 spiro atoms.